The van der Waals surface area contributed by atoms with Crippen molar-refractivity contribution < 1.29 is 27.2 Å². The van der Waals surface area contributed by atoms with Gasteiger partial charge in [-0.1, -0.05) is 18.2 Å². The molecule has 0 saturated heterocycles. The number of nitrogens with zero attached hydrogens (tertiary/aromatic N) is 1. The molecule has 1 fully saturated rings. The molecule has 1 aliphatic rings. The number of carbonyl (C=O) groups excluding carboxylic acids is 2. The lowest BCUT2D eigenvalue weighted by molar-refractivity contribution is -0.121. The average molecular weight is 378 g/mol. The van der Waals surface area contributed by atoms with Crippen molar-refractivity contribution in [3.8, 4) is 0 Å². The summed E-state index contributed by atoms with van der Waals surface area (Å²) in [6, 6.07) is 11.2. The third-order valence-corrected chi connectivity index (χ3v) is 5.18. The second-order valence-corrected chi connectivity index (χ2v) is 7.52. The predicted molar refractivity (Wildman–Crippen MR) is 92.2 cm³/mol. The zero-order valence-corrected chi connectivity index (χ0v) is 14.9. The molecule has 0 unspecified atom stereocenters. The number of carbonyl (C=O) groups is 2. The number of likely N-dealkylation sites (N-methyl/N-ethyl adjacent to an activating group) is 1. The molecule has 3 rings (SSSR count). The number of hydrogen-bond acceptors (Lipinski definition) is 6. The largest absolute Gasteiger partial charge is 0.450 e. The van der Waals surface area contributed by atoms with Gasteiger partial charge in [-0.2, -0.15) is 0 Å². The van der Waals surface area contributed by atoms with Crippen molar-refractivity contribution in [1.29, 1.82) is 0 Å². The monoisotopic (exact) mass is 378 g/mol. The van der Waals surface area contributed by atoms with E-state index < -0.39 is 28.5 Å². The van der Waals surface area contributed by atoms with Crippen molar-refractivity contribution in [3.05, 3.63) is 48.2 Å². The van der Waals surface area contributed by atoms with Crippen LogP contribution in [0.2, 0.25) is 0 Å². The summed E-state index contributed by atoms with van der Waals surface area (Å²) in [6.07, 6.45) is 1.57. The Morgan fingerprint density at radius 1 is 1.19 bits per heavy atom. The topological polar surface area (TPSA) is 106 Å². The van der Waals surface area contributed by atoms with Crippen LogP contribution in [0, 0.1) is 0 Å². The van der Waals surface area contributed by atoms with Gasteiger partial charge in [0.1, 0.15) is 0 Å². The van der Waals surface area contributed by atoms with Gasteiger partial charge in [0.25, 0.3) is 15.9 Å². The number of benzene rings is 1. The van der Waals surface area contributed by atoms with Crippen LogP contribution in [0.25, 0.3) is 0 Å². The molecule has 26 heavy (non-hydrogen) atoms. The molecule has 0 radical (unpaired) electrons. The maximum absolute atomic E-state index is 12.1. The highest BCUT2D eigenvalue weighted by Crippen LogP contribution is 2.23. The fourth-order valence-electron chi connectivity index (χ4n) is 2.14. The number of ether oxygens (including phenoxy) is 1. The summed E-state index contributed by atoms with van der Waals surface area (Å²) in [7, 11) is -2.23. The molecule has 138 valence electrons. The molecule has 8 nitrogen and oxygen atoms in total. The van der Waals surface area contributed by atoms with Gasteiger partial charge in [-0.3, -0.25) is 4.79 Å². The second kappa shape index (κ2) is 7.30. The minimum absolute atomic E-state index is 0.0772. The van der Waals surface area contributed by atoms with Crippen LogP contribution in [0.5, 0.6) is 0 Å². The first-order valence-corrected chi connectivity index (χ1v) is 9.46. The first kappa shape index (κ1) is 18.2. The molecule has 1 N–H and O–H groups in total. The average Bonchev–Trinajstić information content (AvgIpc) is 3.28. The van der Waals surface area contributed by atoms with E-state index in [1.165, 1.54) is 17.0 Å². The molecular weight excluding hydrogens is 360 g/mol. The van der Waals surface area contributed by atoms with Gasteiger partial charge >= 0.3 is 5.97 Å². The molecular formula is C17H18N2O6S. The summed E-state index contributed by atoms with van der Waals surface area (Å²) < 4.78 is 36.5. The van der Waals surface area contributed by atoms with E-state index in [1.807, 2.05) is 6.07 Å². The number of para-hydroxylation sites is 1. The minimum atomic E-state index is -3.79. The van der Waals surface area contributed by atoms with Crippen LogP contribution in [0.4, 0.5) is 5.69 Å². The van der Waals surface area contributed by atoms with Gasteiger partial charge in [0.2, 0.25) is 10.9 Å². The summed E-state index contributed by atoms with van der Waals surface area (Å²) >= 11 is 0. The number of esters is 1. The van der Waals surface area contributed by atoms with Gasteiger partial charge in [0, 0.05) is 18.8 Å². The van der Waals surface area contributed by atoms with E-state index in [2.05, 4.69) is 4.72 Å². The summed E-state index contributed by atoms with van der Waals surface area (Å²) in [5.74, 6) is -1.62. The van der Waals surface area contributed by atoms with E-state index in [0.29, 0.717) is 5.69 Å². The molecule has 0 aliphatic heterocycles. The molecule has 0 spiro atoms. The van der Waals surface area contributed by atoms with Crippen LogP contribution in [0.1, 0.15) is 23.4 Å². The number of hydrogen-bond donors (Lipinski definition) is 1. The Bertz CT molecular complexity index is 902. The lowest BCUT2D eigenvalue weighted by Crippen LogP contribution is -2.31. The summed E-state index contributed by atoms with van der Waals surface area (Å²) in [6.45, 7) is -0.493. The third-order valence-electron chi connectivity index (χ3n) is 3.79. The number of anilines is 1. The van der Waals surface area contributed by atoms with Crippen LogP contribution >= 0.6 is 0 Å². The first-order chi connectivity index (χ1) is 12.4. The van der Waals surface area contributed by atoms with E-state index in [9.17, 15) is 18.0 Å². The highest BCUT2D eigenvalue weighted by atomic mass is 32.2. The molecule has 0 atom stereocenters. The molecule has 1 aromatic carbocycles. The standard InChI is InChI=1S/C17H18N2O6S/c1-19(13-5-3-2-4-6-13)15(20)11-24-17(21)14-9-10-16(25-14)26(22,23)18-12-7-8-12/h2-6,9-10,12,18H,7-8,11H2,1H3. The third kappa shape index (κ3) is 4.30. The SMILES string of the molecule is CN(C(=O)COC(=O)c1ccc(S(=O)(=O)NC2CC2)o1)c1ccccc1. The summed E-state index contributed by atoms with van der Waals surface area (Å²) in [5.41, 5.74) is 0.658. The fraction of sp³-hybridized carbons (Fsp3) is 0.294. The van der Waals surface area contributed by atoms with Crippen molar-refractivity contribution in [2.24, 2.45) is 0 Å². The number of amides is 1. The van der Waals surface area contributed by atoms with E-state index in [0.717, 1.165) is 12.8 Å². The highest BCUT2D eigenvalue weighted by Gasteiger charge is 2.30. The summed E-state index contributed by atoms with van der Waals surface area (Å²) in [4.78, 5) is 25.4. The van der Waals surface area contributed by atoms with Gasteiger partial charge < -0.3 is 14.1 Å². The number of sulfonamides is 1. The Labute approximate surface area is 150 Å². The normalized spacial score (nSPS) is 14.0. The zero-order valence-electron chi connectivity index (χ0n) is 14.0. The van der Waals surface area contributed by atoms with Crippen molar-refractivity contribution in [3.63, 3.8) is 0 Å². The zero-order chi connectivity index (χ0) is 18.7. The van der Waals surface area contributed by atoms with Gasteiger partial charge in [-0.05, 0) is 37.1 Å². The van der Waals surface area contributed by atoms with E-state index in [1.54, 1.807) is 31.3 Å². The Morgan fingerprint density at radius 3 is 2.54 bits per heavy atom. The molecule has 9 heteroatoms. The molecule has 0 bridgehead atoms. The minimum Gasteiger partial charge on any atom is -0.450 e. The van der Waals surface area contributed by atoms with Crippen molar-refractivity contribution in [1.82, 2.24) is 4.72 Å². The number of rotatable bonds is 7. The summed E-state index contributed by atoms with van der Waals surface area (Å²) in [5, 5.41) is -0.357. The quantitative estimate of drug-likeness (QED) is 0.733. The van der Waals surface area contributed by atoms with Gasteiger partial charge in [0.05, 0.1) is 0 Å². The van der Waals surface area contributed by atoms with Crippen LogP contribution in [0.15, 0.2) is 52.0 Å². The van der Waals surface area contributed by atoms with Crippen molar-refractivity contribution in [2.45, 2.75) is 24.0 Å². The van der Waals surface area contributed by atoms with Crippen LogP contribution in [0.3, 0.4) is 0 Å². The molecule has 2 aromatic rings. The Hall–Kier alpha value is -2.65. The van der Waals surface area contributed by atoms with Gasteiger partial charge in [-0.25, -0.2) is 17.9 Å². The van der Waals surface area contributed by atoms with Gasteiger partial charge in [-0.15, -0.1) is 0 Å². The number of nitrogens with one attached hydrogen (secondary N) is 1. The highest BCUT2D eigenvalue weighted by molar-refractivity contribution is 7.89. The van der Waals surface area contributed by atoms with Crippen LogP contribution < -0.4 is 9.62 Å². The lowest BCUT2D eigenvalue weighted by atomic mass is 10.3. The smallest absolute Gasteiger partial charge is 0.374 e. The van der Waals surface area contributed by atoms with Crippen LogP contribution in [-0.2, 0) is 19.6 Å². The first-order valence-electron chi connectivity index (χ1n) is 7.98. The molecule has 1 amide bonds. The van der Waals surface area contributed by atoms with Crippen molar-refractivity contribution in [2.75, 3.05) is 18.6 Å². The molecule has 1 aromatic heterocycles. The maximum Gasteiger partial charge on any atom is 0.374 e. The van der Waals surface area contributed by atoms with Crippen molar-refractivity contribution >= 4 is 27.6 Å². The maximum atomic E-state index is 12.1. The van der Waals surface area contributed by atoms with E-state index in [-0.39, 0.29) is 16.9 Å². The molecule has 1 heterocycles. The predicted octanol–water partition coefficient (Wildman–Crippen LogP) is 1.54. The van der Waals surface area contributed by atoms with E-state index in [4.69, 9.17) is 9.15 Å². The van der Waals surface area contributed by atoms with E-state index >= 15 is 0 Å². The van der Waals surface area contributed by atoms with Crippen LogP contribution in [-0.4, -0.2) is 40.0 Å². The fourth-order valence-corrected chi connectivity index (χ4v) is 3.38. The lowest BCUT2D eigenvalue weighted by Gasteiger charge is -2.16. The van der Waals surface area contributed by atoms with Gasteiger partial charge in [0.15, 0.2) is 6.61 Å². The molecule has 1 aliphatic carbocycles. The Balaban J connectivity index is 1.57. The number of furan rings is 1. The Morgan fingerprint density at radius 2 is 1.88 bits per heavy atom. The Kier molecular flexibility index (Phi) is 5.10. The second-order valence-electron chi connectivity index (χ2n) is 5.88. The molecule has 1 saturated carbocycles.